The molecule has 1 N–H and O–H groups in total. The molecule has 0 radical (unpaired) electrons. The highest BCUT2D eigenvalue weighted by Crippen LogP contribution is 2.53. The second kappa shape index (κ2) is 8.37. The zero-order valence-corrected chi connectivity index (χ0v) is 14.7. The number of carbonyl (C=O) groups is 1. The molecule has 0 saturated carbocycles. The van der Waals surface area contributed by atoms with Gasteiger partial charge in [-0.25, -0.2) is 4.72 Å². The Morgan fingerprint density at radius 3 is 2.18 bits per heavy atom. The molecule has 1 amide bonds. The maximum Gasteiger partial charge on any atom is 0.345 e. The highest BCUT2D eigenvalue weighted by Gasteiger charge is 2.43. The molecule has 9 nitrogen and oxygen atoms in total. The molecule has 0 bridgehead atoms. The molecule has 1 aliphatic heterocycles. The number of hydrogen-bond donors (Lipinski definition) is 1. The van der Waals surface area contributed by atoms with E-state index in [9.17, 15) is 17.8 Å². The molecule has 1 saturated heterocycles. The Labute approximate surface area is 131 Å². The molecule has 1 aliphatic rings. The second-order valence-electron chi connectivity index (χ2n) is 4.57. The zero-order chi connectivity index (χ0) is 16.8. The minimum absolute atomic E-state index is 0.0592. The van der Waals surface area contributed by atoms with Gasteiger partial charge in [-0.15, -0.1) is 0 Å². The van der Waals surface area contributed by atoms with Gasteiger partial charge in [-0.05, 0) is 20.3 Å². The van der Waals surface area contributed by atoms with Crippen LogP contribution in [0.3, 0.4) is 0 Å². The Morgan fingerprint density at radius 2 is 1.82 bits per heavy atom. The Kier molecular flexibility index (Phi) is 7.43. The van der Waals surface area contributed by atoms with Gasteiger partial charge >= 0.3 is 17.8 Å². The highest BCUT2D eigenvalue weighted by molar-refractivity contribution is 7.87. The molecular weight excluding hydrogens is 335 g/mol. The maximum absolute atomic E-state index is 12.7. The van der Waals surface area contributed by atoms with Crippen LogP contribution >= 0.6 is 7.60 Å². The minimum Gasteiger partial charge on any atom is -0.383 e. The average molecular weight is 358 g/mol. The highest BCUT2D eigenvalue weighted by atomic mass is 32.2. The van der Waals surface area contributed by atoms with Gasteiger partial charge in [0.2, 0.25) is 0 Å². The Bertz CT molecular complexity index is 511. The molecule has 1 atom stereocenters. The lowest BCUT2D eigenvalue weighted by molar-refractivity contribution is -0.120. The molecule has 0 unspecified atom stereocenters. The van der Waals surface area contributed by atoms with Crippen molar-refractivity contribution in [2.24, 2.45) is 0 Å². The summed E-state index contributed by atoms with van der Waals surface area (Å²) < 4.78 is 54.7. The summed E-state index contributed by atoms with van der Waals surface area (Å²) in [5, 5.41) is 0. The molecule has 130 valence electrons. The fraction of sp³-hybridized carbons (Fsp3) is 0.909. The van der Waals surface area contributed by atoms with Crippen molar-refractivity contribution < 1.29 is 31.6 Å². The first-order valence-corrected chi connectivity index (χ1v) is 10.0. The molecule has 1 rings (SSSR count). The largest absolute Gasteiger partial charge is 0.383 e. The van der Waals surface area contributed by atoms with Crippen molar-refractivity contribution in [2.45, 2.75) is 25.9 Å². The van der Waals surface area contributed by atoms with Gasteiger partial charge < -0.3 is 13.8 Å². The number of nitrogens with one attached hydrogen (secondary N) is 1. The van der Waals surface area contributed by atoms with Crippen LogP contribution in [-0.4, -0.2) is 64.3 Å². The molecule has 0 aromatic rings. The normalized spacial score (nSPS) is 17.8. The Hall–Kier alpha value is -0.510. The van der Waals surface area contributed by atoms with E-state index >= 15 is 0 Å². The van der Waals surface area contributed by atoms with Crippen molar-refractivity contribution in [3.05, 3.63) is 0 Å². The first-order chi connectivity index (χ1) is 10.3. The smallest absolute Gasteiger partial charge is 0.345 e. The van der Waals surface area contributed by atoms with E-state index in [4.69, 9.17) is 13.8 Å². The van der Waals surface area contributed by atoms with Crippen LogP contribution in [0.4, 0.5) is 0 Å². The van der Waals surface area contributed by atoms with E-state index in [-0.39, 0.29) is 19.8 Å². The number of carbonyl (C=O) groups excluding carboxylic acids is 1. The molecule has 0 aromatic heterocycles. The van der Waals surface area contributed by atoms with Gasteiger partial charge in [-0.2, -0.15) is 12.7 Å². The molecular formula is C11H23N2O7PS. The molecule has 0 spiro atoms. The van der Waals surface area contributed by atoms with Crippen molar-refractivity contribution in [1.82, 2.24) is 9.03 Å². The number of amides is 1. The third-order valence-corrected chi connectivity index (χ3v) is 6.90. The van der Waals surface area contributed by atoms with E-state index in [1.54, 1.807) is 13.8 Å². The van der Waals surface area contributed by atoms with E-state index in [2.05, 4.69) is 0 Å². The maximum atomic E-state index is 12.7. The quantitative estimate of drug-likeness (QED) is 0.560. The minimum atomic E-state index is -3.93. The summed E-state index contributed by atoms with van der Waals surface area (Å²) in [5.41, 5.74) is -1.35. The lowest BCUT2D eigenvalue weighted by Crippen LogP contribution is -2.52. The number of methoxy groups -OCH3 is 1. The third-order valence-electron chi connectivity index (χ3n) is 3.01. The molecule has 11 heteroatoms. The topological polar surface area (TPSA) is 111 Å². The number of nitrogens with zero attached hydrogens (tertiary/aromatic N) is 1. The first-order valence-electron chi connectivity index (χ1n) is 7.00. The number of ether oxygens (including phenoxy) is 1. The summed E-state index contributed by atoms with van der Waals surface area (Å²) in [6.07, 6.45) is 0.743. The zero-order valence-electron chi connectivity index (χ0n) is 13.0. The van der Waals surface area contributed by atoms with Gasteiger partial charge in [0.25, 0.3) is 5.91 Å². The summed E-state index contributed by atoms with van der Waals surface area (Å²) in [4.78, 5) is 12.3. The SMILES string of the molecule is CCOP(=O)(OCC)[C@@H](COC)C(=O)NS(=O)(=O)N1CCC1. The van der Waals surface area contributed by atoms with E-state index < -0.39 is 29.4 Å². The van der Waals surface area contributed by atoms with Crippen molar-refractivity contribution in [2.75, 3.05) is 40.0 Å². The van der Waals surface area contributed by atoms with E-state index in [1.807, 2.05) is 4.72 Å². The first kappa shape index (κ1) is 19.5. The van der Waals surface area contributed by atoms with Gasteiger partial charge in [-0.1, -0.05) is 0 Å². The van der Waals surface area contributed by atoms with E-state index in [1.165, 1.54) is 7.11 Å². The van der Waals surface area contributed by atoms with E-state index in [0.717, 1.165) is 10.7 Å². The summed E-state index contributed by atoms with van der Waals surface area (Å²) in [6, 6.07) is 0. The van der Waals surface area contributed by atoms with E-state index in [0.29, 0.717) is 13.1 Å². The lowest BCUT2D eigenvalue weighted by atomic mass is 10.3. The van der Waals surface area contributed by atoms with Crippen molar-refractivity contribution in [3.63, 3.8) is 0 Å². The molecule has 1 fully saturated rings. The molecule has 0 aliphatic carbocycles. The van der Waals surface area contributed by atoms with Gasteiger partial charge in [0, 0.05) is 20.2 Å². The van der Waals surface area contributed by atoms with Gasteiger partial charge in [0.05, 0.1) is 19.8 Å². The number of hydrogen-bond acceptors (Lipinski definition) is 7. The monoisotopic (exact) mass is 358 g/mol. The fourth-order valence-corrected chi connectivity index (χ4v) is 5.02. The lowest BCUT2D eigenvalue weighted by Gasteiger charge is -2.31. The fourth-order valence-electron chi connectivity index (χ4n) is 1.83. The van der Waals surface area contributed by atoms with Crippen LogP contribution < -0.4 is 4.72 Å². The standard InChI is InChI=1S/C11H23N2O7PS/c1-4-19-21(15,20-5-2)10(9-18-3)11(14)12-22(16,17)13-7-6-8-13/h10H,4-9H2,1-3H3,(H,12,14)/t10-/m0/s1. The van der Waals surface area contributed by atoms with Gasteiger partial charge in [-0.3, -0.25) is 9.36 Å². The van der Waals surface area contributed by atoms with Crippen molar-refractivity contribution in [3.8, 4) is 0 Å². The Morgan fingerprint density at radius 1 is 1.27 bits per heavy atom. The molecule has 0 aromatic carbocycles. The predicted molar refractivity (Wildman–Crippen MR) is 79.8 cm³/mol. The third kappa shape index (κ3) is 4.74. The summed E-state index contributed by atoms with van der Waals surface area (Å²) in [7, 11) is -6.45. The van der Waals surface area contributed by atoms with Crippen LogP contribution in [0.5, 0.6) is 0 Å². The summed E-state index contributed by atoms with van der Waals surface area (Å²) in [5.74, 6) is -0.959. The molecule has 22 heavy (non-hydrogen) atoms. The van der Waals surface area contributed by atoms with Crippen LogP contribution in [0.2, 0.25) is 0 Å². The summed E-state index contributed by atoms with van der Waals surface area (Å²) >= 11 is 0. The van der Waals surface area contributed by atoms with Crippen LogP contribution in [0.15, 0.2) is 0 Å². The number of rotatable bonds is 10. The van der Waals surface area contributed by atoms with Crippen LogP contribution in [0.1, 0.15) is 20.3 Å². The van der Waals surface area contributed by atoms with Crippen molar-refractivity contribution >= 4 is 23.7 Å². The van der Waals surface area contributed by atoms with Crippen LogP contribution in [0.25, 0.3) is 0 Å². The average Bonchev–Trinajstić information content (AvgIpc) is 2.32. The van der Waals surface area contributed by atoms with Crippen LogP contribution in [0, 0.1) is 0 Å². The second-order valence-corrected chi connectivity index (χ2v) is 8.46. The molecule has 1 heterocycles. The van der Waals surface area contributed by atoms with Crippen molar-refractivity contribution in [1.29, 1.82) is 0 Å². The summed E-state index contributed by atoms with van der Waals surface area (Å²) in [6.45, 7) is 3.75. The Balaban J connectivity index is 2.92. The van der Waals surface area contributed by atoms with Crippen LogP contribution in [-0.2, 0) is 33.4 Å². The predicted octanol–water partition coefficient (Wildman–Crippen LogP) is 0.334. The van der Waals surface area contributed by atoms with Gasteiger partial charge in [0.15, 0.2) is 5.66 Å². The van der Waals surface area contributed by atoms with Gasteiger partial charge in [0.1, 0.15) is 0 Å².